The van der Waals surface area contributed by atoms with Gasteiger partial charge in [0.2, 0.25) is 0 Å². The van der Waals surface area contributed by atoms with Crippen molar-refractivity contribution in [3.05, 3.63) is 0 Å². The number of nitrogens with two attached hydrogens (primary N) is 1. The largest absolute Gasteiger partial charge is 0.326 e. The van der Waals surface area contributed by atoms with Crippen LogP contribution in [0.25, 0.3) is 0 Å². The maximum absolute atomic E-state index is 6.29. The van der Waals surface area contributed by atoms with Crippen LogP contribution in [-0.4, -0.2) is 30.1 Å². The lowest BCUT2D eigenvalue weighted by atomic mass is 9.92. The quantitative estimate of drug-likeness (QED) is 0.696. The summed E-state index contributed by atoms with van der Waals surface area (Å²) in [5.74, 6) is 0. The average molecular weight is 196 g/mol. The fourth-order valence-corrected chi connectivity index (χ4v) is 3.02. The van der Waals surface area contributed by atoms with Crippen LogP contribution in [0.3, 0.4) is 0 Å². The van der Waals surface area contributed by atoms with Crippen molar-refractivity contribution in [3.63, 3.8) is 0 Å². The van der Waals surface area contributed by atoms with Crippen molar-refractivity contribution >= 4 is 0 Å². The van der Waals surface area contributed by atoms with Gasteiger partial charge in [0.15, 0.2) is 0 Å². The van der Waals surface area contributed by atoms with Crippen LogP contribution in [0, 0.1) is 0 Å². The molecule has 14 heavy (non-hydrogen) atoms. The van der Waals surface area contributed by atoms with E-state index in [1.165, 1.54) is 64.5 Å². The van der Waals surface area contributed by atoms with Crippen LogP contribution in [0.1, 0.15) is 51.4 Å². The summed E-state index contributed by atoms with van der Waals surface area (Å²) in [5.41, 5.74) is 6.29. The Morgan fingerprint density at radius 1 is 0.786 bits per heavy atom. The minimum Gasteiger partial charge on any atom is -0.326 e. The minimum absolute atomic E-state index is 0.452. The third kappa shape index (κ3) is 2.48. The summed E-state index contributed by atoms with van der Waals surface area (Å²) >= 11 is 0. The molecular formula is C12H24N2. The van der Waals surface area contributed by atoms with E-state index >= 15 is 0 Å². The molecule has 2 unspecified atom stereocenters. The summed E-state index contributed by atoms with van der Waals surface area (Å²) in [6.45, 7) is 2.61. The van der Waals surface area contributed by atoms with Crippen molar-refractivity contribution in [1.29, 1.82) is 0 Å². The lowest BCUT2D eigenvalue weighted by molar-refractivity contribution is 0.181. The van der Waals surface area contributed by atoms with Gasteiger partial charge in [-0.05, 0) is 38.8 Å². The molecule has 1 aliphatic carbocycles. The smallest absolute Gasteiger partial charge is 0.0247 e. The van der Waals surface area contributed by atoms with Crippen LogP contribution in [-0.2, 0) is 0 Å². The molecule has 0 amide bonds. The van der Waals surface area contributed by atoms with Gasteiger partial charge in [-0.2, -0.15) is 0 Å². The van der Waals surface area contributed by atoms with Crippen LogP contribution in [0.5, 0.6) is 0 Å². The molecule has 1 saturated carbocycles. The van der Waals surface area contributed by atoms with Crippen molar-refractivity contribution in [3.8, 4) is 0 Å². The highest BCUT2D eigenvalue weighted by atomic mass is 15.2. The van der Waals surface area contributed by atoms with Gasteiger partial charge in [0.05, 0.1) is 0 Å². The Balaban J connectivity index is 1.90. The third-order valence-corrected chi connectivity index (χ3v) is 3.89. The van der Waals surface area contributed by atoms with Crippen LogP contribution in [0.15, 0.2) is 0 Å². The molecule has 0 aromatic carbocycles. The zero-order valence-electron chi connectivity index (χ0n) is 9.25. The molecule has 2 N–H and O–H groups in total. The molecule has 2 nitrogen and oxygen atoms in total. The number of rotatable bonds is 1. The van der Waals surface area contributed by atoms with Gasteiger partial charge < -0.3 is 5.73 Å². The van der Waals surface area contributed by atoms with Gasteiger partial charge in [-0.25, -0.2) is 0 Å². The Labute approximate surface area is 87.8 Å². The van der Waals surface area contributed by atoms with E-state index in [-0.39, 0.29) is 0 Å². The van der Waals surface area contributed by atoms with Crippen molar-refractivity contribution in [1.82, 2.24) is 4.90 Å². The molecule has 0 aromatic rings. The first-order valence-electron chi connectivity index (χ1n) is 6.37. The summed E-state index contributed by atoms with van der Waals surface area (Å²) < 4.78 is 0. The first-order chi connectivity index (χ1) is 6.88. The van der Waals surface area contributed by atoms with Gasteiger partial charge in [-0.15, -0.1) is 0 Å². The molecule has 1 aliphatic heterocycles. The fraction of sp³-hybridized carbons (Fsp3) is 1.00. The predicted octanol–water partition coefficient (Wildman–Crippen LogP) is 2.13. The molecular weight excluding hydrogens is 172 g/mol. The lowest BCUT2D eigenvalue weighted by Crippen LogP contribution is -2.47. The number of hydrogen-bond acceptors (Lipinski definition) is 2. The maximum atomic E-state index is 6.29. The Bertz CT molecular complexity index is 164. The zero-order chi connectivity index (χ0) is 9.80. The second-order valence-corrected chi connectivity index (χ2v) is 4.97. The van der Waals surface area contributed by atoms with E-state index in [2.05, 4.69) is 4.90 Å². The second-order valence-electron chi connectivity index (χ2n) is 4.97. The van der Waals surface area contributed by atoms with E-state index in [9.17, 15) is 0 Å². The fourth-order valence-electron chi connectivity index (χ4n) is 3.02. The summed E-state index contributed by atoms with van der Waals surface area (Å²) in [6, 6.07) is 1.16. The van der Waals surface area contributed by atoms with E-state index in [0.717, 1.165) is 0 Å². The van der Waals surface area contributed by atoms with Gasteiger partial charge in [0, 0.05) is 12.1 Å². The standard InChI is InChI=1S/C12H24N2/c13-11-7-3-1-2-4-8-12(11)14-9-5-6-10-14/h11-12H,1-10,13H2. The zero-order valence-corrected chi connectivity index (χ0v) is 9.25. The van der Waals surface area contributed by atoms with Gasteiger partial charge in [0.25, 0.3) is 0 Å². The Kier molecular flexibility index (Phi) is 3.82. The highest BCUT2D eigenvalue weighted by Gasteiger charge is 2.27. The van der Waals surface area contributed by atoms with Crippen molar-refractivity contribution in [2.75, 3.05) is 13.1 Å². The highest BCUT2D eigenvalue weighted by molar-refractivity contribution is 4.85. The molecule has 2 heteroatoms. The first-order valence-corrected chi connectivity index (χ1v) is 6.37. The molecule has 0 aromatic heterocycles. The topological polar surface area (TPSA) is 29.3 Å². The molecule has 2 aliphatic rings. The molecule has 0 radical (unpaired) electrons. The number of hydrogen-bond donors (Lipinski definition) is 1. The summed E-state index contributed by atoms with van der Waals surface area (Å²) in [4.78, 5) is 2.65. The molecule has 0 bridgehead atoms. The van der Waals surface area contributed by atoms with Crippen molar-refractivity contribution in [2.45, 2.75) is 63.5 Å². The Morgan fingerprint density at radius 2 is 1.43 bits per heavy atom. The normalized spacial score (nSPS) is 36.6. The van der Waals surface area contributed by atoms with Crippen LogP contribution >= 0.6 is 0 Å². The summed E-state index contributed by atoms with van der Waals surface area (Å²) in [5, 5.41) is 0. The van der Waals surface area contributed by atoms with Crippen molar-refractivity contribution in [2.24, 2.45) is 5.73 Å². The van der Waals surface area contributed by atoms with Crippen LogP contribution in [0.4, 0.5) is 0 Å². The maximum Gasteiger partial charge on any atom is 0.0247 e. The third-order valence-electron chi connectivity index (χ3n) is 3.89. The van der Waals surface area contributed by atoms with E-state index in [0.29, 0.717) is 12.1 Å². The Morgan fingerprint density at radius 3 is 2.14 bits per heavy atom. The first kappa shape index (κ1) is 10.4. The van der Waals surface area contributed by atoms with Gasteiger partial charge >= 0.3 is 0 Å². The van der Waals surface area contributed by atoms with E-state index in [1.54, 1.807) is 0 Å². The van der Waals surface area contributed by atoms with Gasteiger partial charge in [-0.1, -0.05) is 25.7 Å². The molecule has 1 heterocycles. The minimum atomic E-state index is 0.452. The average Bonchev–Trinajstić information content (AvgIpc) is 2.65. The summed E-state index contributed by atoms with van der Waals surface area (Å²) in [7, 11) is 0. The van der Waals surface area contributed by atoms with E-state index in [4.69, 9.17) is 5.73 Å². The van der Waals surface area contributed by atoms with E-state index in [1.807, 2.05) is 0 Å². The number of nitrogens with zero attached hydrogens (tertiary/aromatic N) is 1. The molecule has 2 atom stereocenters. The van der Waals surface area contributed by atoms with Crippen LogP contribution < -0.4 is 5.73 Å². The molecule has 2 rings (SSSR count). The summed E-state index contributed by atoms with van der Waals surface area (Å²) in [6.07, 6.45) is 11.0. The molecule has 2 fully saturated rings. The monoisotopic (exact) mass is 196 g/mol. The molecule has 1 saturated heterocycles. The number of likely N-dealkylation sites (tertiary alicyclic amines) is 1. The predicted molar refractivity (Wildman–Crippen MR) is 60.3 cm³/mol. The molecule has 0 spiro atoms. The van der Waals surface area contributed by atoms with Crippen LogP contribution in [0.2, 0.25) is 0 Å². The highest BCUT2D eigenvalue weighted by Crippen LogP contribution is 2.23. The second kappa shape index (κ2) is 5.13. The lowest BCUT2D eigenvalue weighted by Gasteiger charge is -2.34. The van der Waals surface area contributed by atoms with E-state index < -0.39 is 0 Å². The molecule has 82 valence electrons. The van der Waals surface area contributed by atoms with Gasteiger partial charge in [0.1, 0.15) is 0 Å². The Hall–Kier alpha value is -0.0800. The van der Waals surface area contributed by atoms with Gasteiger partial charge in [-0.3, -0.25) is 4.90 Å². The van der Waals surface area contributed by atoms with Crippen molar-refractivity contribution < 1.29 is 0 Å². The SMILES string of the molecule is NC1CCCCCCC1N1CCCC1.